The van der Waals surface area contributed by atoms with Crippen LogP contribution in [0.5, 0.6) is 0 Å². The fourth-order valence-corrected chi connectivity index (χ4v) is 5.86. The zero-order valence-electron chi connectivity index (χ0n) is 17.5. The monoisotopic (exact) mass is 418 g/mol. The van der Waals surface area contributed by atoms with Crippen LogP contribution in [0.4, 0.5) is 5.69 Å². The number of ketones is 1. The summed E-state index contributed by atoms with van der Waals surface area (Å²) >= 11 is 0. The molecule has 2 heterocycles. The van der Waals surface area contributed by atoms with Crippen LogP contribution in [0.1, 0.15) is 24.0 Å². The van der Waals surface area contributed by atoms with Crippen molar-refractivity contribution in [1.82, 2.24) is 4.90 Å². The first-order valence-corrected chi connectivity index (χ1v) is 10.7. The van der Waals surface area contributed by atoms with Crippen molar-refractivity contribution in [1.29, 1.82) is 0 Å². The molecule has 0 amide bonds. The zero-order chi connectivity index (χ0) is 21.6. The van der Waals surface area contributed by atoms with Gasteiger partial charge in [-0.25, -0.2) is 4.79 Å². The third-order valence-electron chi connectivity index (χ3n) is 7.17. The van der Waals surface area contributed by atoms with Crippen molar-refractivity contribution in [3.8, 4) is 0 Å². The lowest BCUT2D eigenvalue weighted by Crippen LogP contribution is -2.50. The van der Waals surface area contributed by atoms with Gasteiger partial charge in [-0.1, -0.05) is 48.5 Å². The van der Waals surface area contributed by atoms with Crippen LogP contribution in [-0.2, 0) is 26.3 Å². The Morgan fingerprint density at radius 1 is 1.16 bits per heavy atom. The van der Waals surface area contributed by atoms with Crippen molar-refractivity contribution in [3.63, 3.8) is 0 Å². The van der Waals surface area contributed by atoms with Gasteiger partial charge in [-0.15, -0.1) is 0 Å². The molecule has 2 aromatic carbocycles. The molecule has 160 valence electrons. The lowest BCUT2D eigenvalue weighted by atomic mass is 9.63. The molecule has 31 heavy (non-hydrogen) atoms. The largest absolute Gasteiger partial charge is 0.466 e. The highest BCUT2D eigenvalue weighted by atomic mass is 16.5. The third kappa shape index (κ3) is 2.93. The number of Topliss-reactive ketones (excluding diaryl/α,β-unsaturated/α-hetero) is 1. The number of fused-ring (bicyclic) bond motifs is 1. The molecule has 5 rings (SSSR count). The highest BCUT2D eigenvalue weighted by Crippen LogP contribution is 2.58. The fourth-order valence-electron chi connectivity index (χ4n) is 5.86. The minimum atomic E-state index is -0.691. The molecule has 0 unspecified atom stereocenters. The molecule has 1 fully saturated rings. The summed E-state index contributed by atoms with van der Waals surface area (Å²) < 4.78 is 5.11. The summed E-state index contributed by atoms with van der Waals surface area (Å²) in [4.78, 5) is 28.1. The molecule has 6 nitrogen and oxygen atoms in total. The minimum absolute atomic E-state index is 0.0350. The van der Waals surface area contributed by atoms with Crippen molar-refractivity contribution in [2.24, 2.45) is 5.92 Å². The number of para-hydroxylation sites is 1. The molecule has 2 N–H and O–H groups in total. The topological polar surface area (TPSA) is 78.9 Å². The number of nitrogens with one attached hydrogen (secondary N) is 1. The molecule has 2 aromatic rings. The molecule has 6 heteroatoms. The Kier molecular flexibility index (Phi) is 4.91. The Morgan fingerprint density at radius 2 is 1.90 bits per heavy atom. The maximum atomic E-state index is 12.9. The van der Waals surface area contributed by atoms with Crippen LogP contribution in [0.2, 0.25) is 0 Å². The van der Waals surface area contributed by atoms with E-state index in [1.54, 1.807) is 0 Å². The van der Waals surface area contributed by atoms with Crippen LogP contribution in [0.15, 0.2) is 65.9 Å². The van der Waals surface area contributed by atoms with Crippen molar-refractivity contribution in [2.75, 3.05) is 25.6 Å². The molecule has 0 radical (unpaired) electrons. The second-order valence-electron chi connectivity index (χ2n) is 8.56. The number of esters is 1. The summed E-state index contributed by atoms with van der Waals surface area (Å²) in [5.41, 5.74) is 4.12. The smallest absolute Gasteiger partial charge is 0.336 e. The van der Waals surface area contributed by atoms with Gasteiger partial charge in [0, 0.05) is 30.5 Å². The standard InChI is InChI=1S/C25H26N2O4/c1-31-24(30)22-17(20(29)15-28)13-21-25(18-9-5-6-10-19(18)26-23(22)25)11-12-27(21)14-16-7-3-2-4-8-16/h2-10,17,21,26,28H,11-15H2,1H3/t17-,21-,25+/m0/s1. The number of rotatable bonds is 5. The predicted octanol–water partition coefficient (Wildman–Crippen LogP) is 2.63. The summed E-state index contributed by atoms with van der Waals surface area (Å²) in [5, 5.41) is 13.1. The molecule has 1 saturated heterocycles. The highest BCUT2D eigenvalue weighted by Gasteiger charge is 2.60. The van der Waals surface area contributed by atoms with E-state index < -0.39 is 18.5 Å². The quantitative estimate of drug-likeness (QED) is 0.727. The van der Waals surface area contributed by atoms with E-state index in [2.05, 4.69) is 28.4 Å². The average molecular weight is 418 g/mol. The first-order valence-electron chi connectivity index (χ1n) is 10.7. The number of carbonyl (C=O) groups excluding carboxylic acids is 2. The Bertz CT molecular complexity index is 1060. The van der Waals surface area contributed by atoms with Crippen molar-refractivity contribution in [3.05, 3.63) is 77.0 Å². The molecule has 0 bridgehead atoms. The van der Waals surface area contributed by atoms with Gasteiger partial charge in [-0.05, 0) is 30.0 Å². The number of benzene rings is 2. The average Bonchev–Trinajstić information content (AvgIpc) is 3.34. The van der Waals surface area contributed by atoms with Gasteiger partial charge in [0.25, 0.3) is 0 Å². The van der Waals surface area contributed by atoms with E-state index in [4.69, 9.17) is 4.74 Å². The Hall–Kier alpha value is -2.96. The Morgan fingerprint density at radius 3 is 2.65 bits per heavy atom. The molecule has 3 atom stereocenters. The maximum Gasteiger partial charge on any atom is 0.336 e. The van der Waals surface area contributed by atoms with E-state index in [1.165, 1.54) is 18.2 Å². The molecule has 1 aliphatic carbocycles. The number of methoxy groups -OCH3 is 1. The van der Waals surface area contributed by atoms with Crippen LogP contribution in [0.3, 0.4) is 0 Å². The van der Waals surface area contributed by atoms with Crippen molar-refractivity contribution < 1.29 is 19.4 Å². The number of carbonyl (C=O) groups is 2. The number of aliphatic hydroxyl groups excluding tert-OH is 1. The highest BCUT2D eigenvalue weighted by molar-refractivity contribution is 6.01. The first kappa shape index (κ1) is 20.0. The summed E-state index contributed by atoms with van der Waals surface area (Å²) in [5.74, 6) is -1.53. The van der Waals surface area contributed by atoms with E-state index in [1.807, 2.05) is 36.4 Å². The van der Waals surface area contributed by atoms with Crippen LogP contribution in [0.25, 0.3) is 0 Å². The van der Waals surface area contributed by atoms with Crippen molar-refractivity contribution >= 4 is 17.4 Å². The third-order valence-corrected chi connectivity index (χ3v) is 7.17. The van der Waals surface area contributed by atoms with Gasteiger partial charge in [0.2, 0.25) is 0 Å². The molecule has 0 aromatic heterocycles. The molecule has 3 aliphatic rings. The van der Waals surface area contributed by atoms with E-state index in [-0.39, 0.29) is 17.2 Å². The predicted molar refractivity (Wildman–Crippen MR) is 116 cm³/mol. The number of hydrogen-bond acceptors (Lipinski definition) is 6. The van der Waals surface area contributed by atoms with Crippen LogP contribution >= 0.6 is 0 Å². The lowest BCUT2D eigenvalue weighted by molar-refractivity contribution is -0.139. The number of ether oxygens (including phenoxy) is 1. The van der Waals surface area contributed by atoms with E-state index in [0.29, 0.717) is 12.0 Å². The number of anilines is 1. The van der Waals surface area contributed by atoms with Gasteiger partial charge >= 0.3 is 5.97 Å². The molecular formula is C25H26N2O4. The van der Waals surface area contributed by atoms with E-state index in [0.717, 1.165) is 30.9 Å². The van der Waals surface area contributed by atoms with Crippen LogP contribution in [0, 0.1) is 5.92 Å². The summed E-state index contributed by atoms with van der Waals surface area (Å²) in [7, 11) is 1.34. The molecule has 1 spiro atoms. The molecule has 2 aliphatic heterocycles. The van der Waals surface area contributed by atoms with E-state index in [9.17, 15) is 14.7 Å². The number of nitrogens with zero attached hydrogens (tertiary/aromatic N) is 1. The SMILES string of the molecule is COC(=O)C1=C2Nc3ccccc3[C@@]23CCN(Cc2ccccc2)[C@H]3C[C@H]1C(=O)CO. The summed E-state index contributed by atoms with van der Waals surface area (Å²) in [6.07, 6.45) is 1.33. The van der Waals surface area contributed by atoms with Gasteiger partial charge in [-0.3, -0.25) is 9.69 Å². The Balaban J connectivity index is 1.67. The Labute approximate surface area is 181 Å². The fraction of sp³-hybridized carbons (Fsp3) is 0.360. The van der Waals surface area contributed by atoms with Gasteiger partial charge in [-0.2, -0.15) is 0 Å². The normalized spacial score (nSPS) is 26.6. The van der Waals surface area contributed by atoms with E-state index >= 15 is 0 Å². The first-order chi connectivity index (χ1) is 15.1. The van der Waals surface area contributed by atoms with Crippen LogP contribution in [-0.4, -0.2) is 48.1 Å². The van der Waals surface area contributed by atoms with Crippen LogP contribution < -0.4 is 5.32 Å². The number of likely N-dealkylation sites (tertiary alicyclic amines) is 1. The zero-order valence-corrected chi connectivity index (χ0v) is 17.5. The minimum Gasteiger partial charge on any atom is -0.466 e. The second-order valence-corrected chi connectivity index (χ2v) is 8.56. The molecule has 0 saturated carbocycles. The maximum absolute atomic E-state index is 12.9. The van der Waals surface area contributed by atoms with Gasteiger partial charge in [0.1, 0.15) is 6.61 Å². The van der Waals surface area contributed by atoms with Crippen molar-refractivity contribution in [2.45, 2.75) is 30.8 Å². The second kappa shape index (κ2) is 7.62. The lowest BCUT2D eigenvalue weighted by Gasteiger charge is -2.43. The van der Waals surface area contributed by atoms with Gasteiger partial charge in [0.15, 0.2) is 5.78 Å². The summed E-state index contributed by atoms with van der Waals surface area (Å²) in [6, 6.07) is 18.5. The summed E-state index contributed by atoms with van der Waals surface area (Å²) in [6.45, 7) is 1.04. The number of aliphatic hydroxyl groups is 1. The van der Waals surface area contributed by atoms with Gasteiger partial charge in [0.05, 0.1) is 24.0 Å². The van der Waals surface area contributed by atoms with Gasteiger partial charge < -0.3 is 15.2 Å². The number of hydrogen-bond donors (Lipinski definition) is 2. The molecular weight excluding hydrogens is 392 g/mol.